The molecule has 7 nitrogen and oxygen atoms in total. The van der Waals surface area contributed by atoms with Crippen molar-refractivity contribution in [3.8, 4) is 11.5 Å². The van der Waals surface area contributed by atoms with E-state index in [-0.39, 0.29) is 5.57 Å². The van der Waals surface area contributed by atoms with Gasteiger partial charge in [-0.25, -0.2) is 9.69 Å². The molecule has 0 saturated carbocycles. The van der Waals surface area contributed by atoms with Gasteiger partial charge in [-0.2, -0.15) is 0 Å². The number of hydrogen-bond donors (Lipinski definition) is 1. The van der Waals surface area contributed by atoms with Gasteiger partial charge in [-0.15, -0.1) is 11.8 Å². The monoisotopic (exact) mass is 552 g/mol. The third-order valence-corrected chi connectivity index (χ3v) is 7.36. The Hall–Kier alpha value is -4.56. The largest absolute Gasteiger partial charge is 0.490 e. The van der Waals surface area contributed by atoms with Gasteiger partial charge in [0.05, 0.1) is 18.9 Å². The number of barbiturate groups is 1. The van der Waals surface area contributed by atoms with Crippen LogP contribution >= 0.6 is 11.8 Å². The molecule has 0 bridgehead atoms. The summed E-state index contributed by atoms with van der Waals surface area (Å²) in [7, 11) is 0. The van der Waals surface area contributed by atoms with Crippen LogP contribution in [0.25, 0.3) is 16.8 Å². The minimum absolute atomic E-state index is 0.150. The molecule has 0 unspecified atom stereocenters. The molecule has 4 aromatic carbocycles. The van der Waals surface area contributed by atoms with Crippen LogP contribution in [-0.4, -0.2) is 36.8 Å². The van der Waals surface area contributed by atoms with Crippen molar-refractivity contribution in [2.45, 2.75) is 18.7 Å². The Labute approximate surface area is 236 Å². The molecule has 0 spiro atoms. The van der Waals surface area contributed by atoms with Crippen LogP contribution < -0.4 is 19.7 Å². The lowest BCUT2D eigenvalue weighted by Gasteiger charge is -2.26. The summed E-state index contributed by atoms with van der Waals surface area (Å²) in [6, 6.07) is 25.9. The smallest absolute Gasteiger partial charge is 0.335 e. The van der Waals surface area contributed by atoms with Crippen molar-refractivity contribution in [1.29, 1.82) is 0 Å². The number of thioether (sulfide) groups is 1. The third-order valence-electron chi connectivity index (χ3n) is 6.32. The number of carbonyl (C=O) groups excluding carboxylic acids is 3. The number of anilines is 1. The molecular weight excluding hydrogens is 524 g/mol. The number of ether oxygens (including phenoxy) is 2. The van der Waals surface area contributed by atoms with Crippen molar-refractivity contribution in [3.05, 3.63) is 102 Å². The van der Waals surface area contributed by atoms with E-state index in [4.69, 9.17) is 9.47 Å². The number of aryl methyl sites for hydroxylation is 1. The summed E-state index contributed by atoms with van der Waals surface area (Å²) >= 11 is 1.73. The summed E-state index contributed by atoms with van der Waals surface area (Å²) in [5.41, 5.74) is 1.78. The summed E-state index contributed by atoms with van der Waals surface area (Å²) in [5, 5.41) is 4.67. The lowest BCUT2D eigenvalue weighted by atomic mass is 10.1. The fraction of sp³-hybridized carbons (Fsp3) is 0.156. The van der Waals surface area contributed by atoms with Crippen LogP contribution in [0.4, 0.5) is 10.5 Å². The van der Waals surface area contributed by atoms with Gasteiger partial charge in [0, 0.05) is 10.6 Å². The van der Waals surface area contributed by atoms with Gasteiger partial charge in [0.1, 0.15) is 5.57 Å². The molecule has 5 rings (SSSR count). The third kappa shape index (κ3) is 5.87. The van der Waals surface area contributed by atoms with Crippen LogP contribution in [-0.2, 0) is 9.59 Å². The number of benzene rings is 4. The van der Waals surface area contributed by atoms with Crippen molar-refractivity contribution >= 4 is 52.1 Å². The first-order valence-corrected chi connectivity index (χ1v) is 13.9. The van der Waals surface area contributed by atoms with Gasteiger partial charge in [0.15, 0.2) is 11.5 Å². The molecule has 202 valence electrons. The van der Waals surface area contributed by atoms with Gasteiger partial charge in [-0.3, -0.25) is 14.9 Å². The average Bonchev–Trinajstić information content (AvgIpc) is 2.95. The molecule has 1 heterocycles. The lowest BCUT2D eigenvalue weighted by molar-refractivity contribution is -0.122. The average molecular weight is 553 g/mol. The lowest BCUT2D eigenvalue weighted by Crippen LogP contribution is -2.54. The molecule has 0 radical (unpaired) electrons. The van der Waals surface area contributed by atoms with E-state index < -0.39 is 17.8 Å². The number of nitrogens with one attached hydrogen (secondary N) is 1. The molecule has 1 saturated heterocycles. The quantitative estimate of drug-likeness (QED) is 0.112. The van der Waals surface area contributed by atoms with E-state index in [0.29, 0.717) is 36.0 Å². The highest BCUT2D eigenvalue weighted by atomic mass is 32.2. The Balaban J connectivity index is 1.31. The van der Waals surface area contributed by atoms with E-state index in [9.17, 15) is 14.4 Å². The number of imide groups is 2. The van der Waals surface area contributed by atoms with Crippen LogP contribution in [0.15, 0.2) is 95.4 Å². The van der Waals surface area contributed by atoms with Crippen LogP contribution in [0, 0.1) is 6.92 Å². The summed E-state index contributed by atoms with van der Waals surface area (Å²) in [6.45, 7) is 4.65. The minimum Gasteiger partial charge on any atom is -0.490 e. The minimum atomic E-state index is -0.781. The van der Waals surface area contributed by atoms with Gasteiger partial charge in [-0.05, 0) is 66.6 Å². The van der Waals surface area contributed by atoms with Crippen molar-refractivity contribution in [2.24, 2.45) is 0 Å². The molecule has 1 aliphatic rings. The zero-order chi connectivity index (χ0) is 28.1. The SMILES string of the molecule is CCOc1cc(C=C2C(=O)NC(=O)N(c3ccc(C)cc3)C2=O)ccc1OCCSc1cccc2ccccc12. The zero-order valence-electron chi connectivity index (χ0n) is 22.2. The topological polar surface area (TPSA) is 84.9 Å². The molecule has 8 heteroatoms. The highest BCUT2D eigenvalue weighted by Gasteiger charge is 2.36. The van der Waals surface area contributed by atoms with Crippen molar-refractivity contribution in [3.63, 3.8) is 0 Å². The molecule has 1 aliphatic heterocycles. The van der Waals surface area contributed by atoms with Crippen molar-refractivity contribution in [1.82, 2.24) is 5.32 Å². The number of hydrogen-bond acceptors (Lipinski definition) is 6. The fourth-order valence-corrected chi connectivity index (χ4v) is 5.28. The van der Waals surface area contributed by atoms with Crippen LogP contribution in [0.5, 0.6) is 11.5 Å². The van der Waals surface area contributed by atoms with E-state index >= 15 is 0 Å². The normalized spacial score (nSPS) is 14.5. The van der Waals surface area contributed by atoms with Gasteiger partial charge >= 0.3 is 6.03 Å². The molecule has 1 N–H and O–H groups in total. The fourth-order valence-electron chi connectivity index (χ4n) is 4.38. The Kier molecular flexibility index (Phi) is 8.17. The van der Waals surface area contributed by atoms with E-state index in [1.807, 2.05) is 26.0 Å². The second kappa shape index (κ2) is 12.1. The van der Waals surface area contributed by atoms with Gasteiger partial charge in [-0.1, -0.05) is 60.2 Å². The molecule has 0 aliphatic carbocycles. The maximum Gasteiger partial charge on any atom is 0.335 e. The van der Waals surface area contributed by atoms with Crippen LogP contribution in [0.2, 0.25) is 0 Å². The Morgan fingerprint density at radius 1 is 0.875 bits per heavy atom. The molecular formula is C32H28N2O5S. The number of amides is 4. The first-order chi connectivity index (χ1) is 19.4. The molecule has 4 amide bonds. The Bertz CT molecular complexity index is 1610. The highest BCUT2D eigenvalue weighted by molar-refractivity contribution is 7.99. The molecule has 4 aromatic rings. The van der Waals surface area contributed by atoms with Crippen molar-refractivity contribution < 1.29 is 23.9 Å². The first kappa shape index (κ1) is 27.0. The number of rotatable bonds is 9. The van der Waals surface area contributed by atoms with Gasteiger partial charge in [0.25, 0.3) is 11.8 Å². The van der Waals surface area contributed by atoms with Crippen LogP contribution in [0.3, 0.4) is 0 Å². The number of carbonyl (C=O) groups is 3. The number of fused-ring (bicyclic) bond motifs is 1. The van der Waals surface area contributed by atoms with E-state index in [0.717, 1.165) is 16.2 Å². The maximum absolute atomic E-state index is 13.2. The van der Waals surface area contributed by atoms with Crippen LogP contribution in [0.1, 0.15) is 18.1 Å². The first-order valence-electron chi connectivity index (χ1n) is 12.9. The summed E-state index contributed by atoms with van der Waals surface area (Å²) in [6.07, 6.45) is 1.45. The molecule has 40 heavy (non-hydrogen) atoms. The summed E-state index contributed by atoms with van der Waals surface area (Å²) in [5.74, 6) is 0.368. The maximum atomic E-state index is 13.2. The molecule has 0 aromatic heterocycles. The van der Waals surface area contributed by atoms with Gasteiger partial charge < -0.3 is 9.47 Å². The molecule has 0 atom stereocenters. The zero-order valence-corrected chi connectivity index (χ0v) is 23.0. The van der Waals surface area contributed by atoms with E-state index in [1.165, 1.54) is 21.7 Å². The highest BCUT2D eigenvalue weighted by Crippen LogP contribution is 2.32. The number of nitrogens with zero attached hydrogens (tertiary/aromatic N) is 1. The summed E-state index contributed by atoms with van der Waals surface area (Å²) < 4.78 is 11.8. The van der Waals surface area contributed by atoms with E-state index in [2.05, 4.69) is 35.6 Å². The molecule has 1 fully saturated rings. The Morgan fingerprint density at radius 2 is 1.65 bits per heavy atom. The predicted octanol–water partition coefficient (Wildman–Crippen LogP) is 6.38. The Morgan fingerprint density at radius 3 is 2.45 bits per heavy atom. The summed E-state index contributed by atoms with van der Waals surface area (Å²) in [4.78, 5) is 40.4. The predicted molar refractivity (Wildman–Crippen MR) is 158 cm³/mol. The van der Waals surface area contributed by atoms with Gasteiger partial charge in [0.2, 0.25) is 0 Å². The second-order valence-corrected chi connectivity index (χ2v) is 10.2. The standard InChI is InChI=1S/C32H28N2O5S/c1-3-38-28-20-22(19-26-30(35)33-32(37)34(31(26)36)24-14-11-21(2)12-15-24)13-16-27(28)39-17-18-40-29-10-6-8-23-7-4-5-9-25(23)29/h4-16,19-20H,3,17-18H2,1-2H3,(H,33,35,37). The second-order valence-electron chi connectivity index (χ2n) is 9.11. The van der Waals surface area contributed by atoms with E-state index in [1.54, 1.807) is 54.2 Å². The number of urea groups is 1. The van der Waals surface area contributed by atoms with Crippen molar-refractivity contribution in [2.75, 3.05) is 23.9 Å².